The van der Waals surface area contributed by atoms with Crippen molar-refractivity contribution in [1.29, 1.82) is 0 Å². The summed E-state index contributed by atoms with van der Waals surface area (Å²) in [6, 6.07) is 5.51. The molecular weight excluding hydrogens is 390 g/mol. The van der Waals surface area contributed by atoms with Gasteiger partial charge in [0, 0.05) is 0 Å². The third-order valence-electron chi connectivity index (χ3n) is 5.88. The van der Waals surface area contributed by atoms with Gasteiger partial charge in [0.05, 0.1) is 22.1 Å². The van der Waals surface area contributed by atoms with Crippen molar-refractivity contribution in [1.82, 2.24) is 5.43 Å². The lowest BCUT2D eigenvalue weighted by atomic mass is 9.85. The van der Waals surface area contributed by atoms with Gasteiger partial charge in [0.1, 0.15) is 6.10 Å². The third kappa shape index (κ3) is 3.54. The van der Waals surface area contributed by atoms with Crippen molar-refractivity contribution in [3.8, 4) is 0 Å². The molecule has 1 N–H and O–H groups in total. The van der Waals surface area contributed by atoms with Crippen LogP contribution in [-0.4, -0.2) is 34.3 Å². The van der Waals surface area contributed by atoms with Crippen LogP contribution in [0, 0.1) is 0 Å². The average molecular weight is 416 g/mol. The number of carbonyl (C=O) groups excluding carboxylic acids is 3. The maximum absolute atomic E-state index is 13.1. The van der Waals surface area contributed by atoms with Gasteiger partial charge in [-0.1, -0.05) is 24.2 Å². The number of rotatable bonds is 2. The molecule has 1 atom stereocenters. The number of thioether (sulfide) groups is 1. The van der Waals surface area contributed by atoms with Gasteiger partial charge in [0.25, 0.3) is 5.24 Å². The van der Waals surface area contributed by atoms with Crippen molar-refractivity contribution < 1.29 is 19.1 Å². The first-order valence-electron chi connectivity index (χ1n) is 10.0. The molecule has 29 heavy (non-hydrogen) atoms. The molecule has 1 aromatic rings. The molecule has 1 saturated carbocycles. The highest BCUT2D eigenvalue weighted by Crippen LogP contribution is 2.43. The number of ether oxygens (including phenoxy) is 1. The Hall–Kier alpha value is -2.35. The topological polar surface area (TPSA) is 88.1 Å². The average Bonchev–Trinajstić information content (AvgIpc) is 2.88. The van der Waals surface area contributed by atoms with Gasteiger partial charge < -0.3 is 4.74 Å². The summed E-state index contributed by atoms with van der Waals surface area (Å²) in [4.78, 5) is 38.6. The molecule has 2 heterocycles. The fraction of sp³-hybridized carbons (Fsp3) is 0.524. The first kappa shape index (κ1) is 19.9. The van der Waals surface area contributed by atoms with Crippen LogP contribution in [0.2, 0.25) is 0 Å². The predicted molar refractivity (Wildman–Crippen MR) is 112 cm³/mol. The van der Waals surface area contributed by atoms with E-state index >= 15 is 0 Å². The van der Waals surface area contributed by atoms with Crippen LogP contribution in [0.5, 0.6) is 0 Å². The molecule has 154 valence electrons. The summed E-state index contributed by atoms with van der Waals surface area (Å²) in [5, 5.41) is 3.90. The second-order valence-corrected chi connectivity index (χ2v) is 9.61. The van der Waals surface area contributed by atoms with Crippen LogP contribution in [-0.2, 0) is 14.9 Å². The van der Waals surface area contributed by atoms with Crippen molar-refractivity contribution in [2.75, 3.05) is 4.90 Å². The highest BCUT2D eigenvalue weighted by molar-refractivity contribution is 8.14. The van der Waals surface area contributed by atoms with E-state index in [-0.39, 0.29) is 22.5 Å². The van der Waals surface area contributed by atoms with Gasteiger partial charge in [0.15, 0.2) is 0 Å². The molecule has 0 radical (unpaired) electrons. The number of hydrazone groups is 1. The summed E-state index contributed by atoms with van der Waals surface area (Å²) in [5.41, 5.74) is 4.52. The van der Waals surface area contributed by atoms with Crippen molar-refractivity contribution in [2.24, 2.45) is 5.10 Å². The van der Waals surface area contributed by atoms with Crippen molar-refractivity contribution in [3.63, 3.8) is 0 Å². The molecular formula is C21H25N3O4S. The number of anilines is 1. The van der Waals surface area contributed by atoms with Gasteiger partial charge in [-0.2, -0.15) is 5.10 Å². The Bertz CT molecular complexity index is 905. The number of fused-ring (bicyclic) bond motifs is 1. The van der Waals surface area contributed by atoms with Crippen LogP contribution >= 0.6 is 11.8 Å². The lowest BCUT2D eigenvalue weighted by molar-refractivity contribution is -0.121. The van der Waals surface area contributed by atoms with Gasteiger partial charge in [-0.3, -0.25) is 9.59 Å². The Morgan fingerprint density at radius 2 is 1.97 bits per heavy atom. The van der Waals surface area contributed by atoms with Crippen molar-refractivity contribution >= 4 is 40.4 Å². The number of nitrogens with one attached hydrogen (secondary N) is 1. The molecule has 0 bridgehead atoms. The molecule has 3 aliphatic rings. The lowest BCUT2D eigenvalue weighted by Gasteiger charge is -2.25. The first-order valence-corrected chi connectivity index (χ1v) is 10.9. The van der Waals surface area contributed by atoms with E-state index in [4.69, 9.17) is 4.74 Å². The van der Waals surface area contributed by atoms with E-state index in [1.165, 1.54) is 16.7 Å². The maximum Gasteiger partial charge on any atom is 0.421 e. The van der Waals surface area contributed by atoms with E-state index in [0.717, 1.165) is 48.9 Å². The fourth-order valence-electron chi connectivity index (χ4n) is 4.19. The van der Waals surface area contributed by atoms with Crippen LogP contribution in [0.1, 0.15) is 64.0 Å². The lowest BCUT2D eigenvalue weighted by Crippen LogP contribution is -2.42. The summed E-state index contributed by atoms with van der Waals surface area (Å²) >= 11 is 1.17. The predicted octanol–water partition coefficient (Wildman–Crippen LogP) is 4.33. The van der Waals surface area contributed by atoms with Crippen molar-refractivity contribution in [3.05, 3.63) is 29.3 Å². The Morgan fingerprint density at radius 1 is 1.24 bits per heavy atom. The minimum Gasteiger partial charge on any atom is -0.446 e. The Kier molecular flexibility index (Phi) is 5.14. The Balaban J connectivity index is 1.65. The van der Waals surface area contributed by atoms with Crippen LogP contribution in [0.3, 0.4) is 0 Å². The second kappa shape index (κ2) is 7.48. The van der Waals surface area contributed by atoms with E-state index in [1.807, 2.05) is 32.9 Å². The third-order valence-corrected chi connectivity index (χ3v) is 6.77. The zero-order valence-corrected chi connectivity index (χ0v) is 17.7. The minimum absolute atomic E-state index is 0.102. The van der Waals surface area contributed by atoms with Gasteiger partial charge in [-0.15, -0.1) is 0 Å². The van der Waals surface area contributed by atoms with E-state index in [1.54, 1.807) is 6.07 Å². The molecule has 2 aliphatic heterocycles. The van der Waals surface area contributed by atoms with Gasteiger partial charge in [0.2, 0.25) is 5.91 Å². The van der Waals surface area contributed by atoms with E-state index in [9.17, 15) is 14.4 Å². The SMILES string of the molecule is CC1SC(=O)NN=C1c1ccc2c(c1)C(C)(C)C(=O)N2C(=O)OC1CCCCC1. The van der Waals surface area contributed by atoms with E-state index in [0.29, 0.717) is 5.69 Å². The highest BCUT2D eigenvalue weighted by atomic mass is 32.2. The molecule has 1 aliphatic carbocycles. The summed E-state index contributed by atoms with van der Waals surface area (Å²) in [6.45, 7) is 5.54. The molecule has 0 aromatic heterocycles. The molecule has 7 nitrogen and oxygen atoms in total. The molecule has 8 heteroatoms. The standard InChI is InChI=1S/C21H25N3O4S/c1-12-17(22-23-19(26)29-12)13-9-10-16-15(11-13)21(2,3)18(25)24(16)20(27)28-14-7-5-4-6-8-14/h9-12,14H,4-8H2,1-3H3,(H,23,26). The zero-order chi connectivity index (χ0) is 20.8. The van der Waals surface area contributed by atoms with Crippen LogP contribution < -0.4 is 10.3 Å². The summed E-state index contributed by atoms with van der Waals surface area (Å²) in [7, 11) is 0. The number of benzene rings is 1. The number of hydrogen-bond donors (Lipinski definition) is 1. The Labute approximate surface area is 174 Å². The Morgan fingerprint density at radius 3 is 2.66 bits per heavy atom. The molecule has 1 aromatic carbocycles. The number of amides is 3. The van der Waals surface area contributed by atoms with Crippen LogP contribution in [0.4, 0.5) is 15.3 Å². The number of carbonyl (C=O) groups is 3. The summed E-state index contributed by atoms with van der Waals surface area (Å²) < 4.78 is 5.66. The number of hydrogen-bond acceptors (Lipinski definition) is 6. The smallest absolute Gasteiger partial charge is 0.421 e. The summed E-state index contributed by atoms with van der Waals surface area (Å²) in [6.07, 6.45) is 4.25. The van der Waals surface area contributed by atoms with E-state index < -0.39 is 11.5 Å². The van der Waals surface area contributed by atoms with Crippen LogP contribution in [0.25, 0.3) is 0 Å². The van der Waals surface area contributed by atoms with Gasteiger partial charge >= 0.3 is 6.09 Å². The minimum atomic E-state index is -0.855. The number of imide groups is 1. The monoisotopic (exact) mass is 415 g/mol. The second-order valence-electron chi connectivity index (χ2n) is 8.30. The van der Waals surface area contributed by atoms with Crippen molar-refractivity contribution in [2.45, 2.75) is 69.6 Å². The highest BCUT2D eigenvalue weighted by Gasteiger charge is 2.48. The summed E-state index contributed by atoms with van der Waals surface area (Å²) in [5.74, 6) is -0.285. The number of nitrogens with zero attached hydrogens (tertiary/aromatic N) is 2. The molecule has 1 fully saturated rings. The quantitative estimate of drug-likeness (QED) is 0.777. The normalized spacial score (nSPS) is 24.0. The first-order chi connectivity index (χ1) is 13.8. The van der Waals surface area contributed by atoms with Gasteiger partial charge in [-0.25, -0.2) is 15.1 Å². The van der Waals surface area contributed by atoms with Gasteiger partial charge in [-0.05, 0) is 69.7 Å². The molecule has 3 amide bonds. The molecule has 0 spiro atoms. The molecule has 4 rings (SSSR count). The zero-order valence-electron chi connectivity index (χ0n) is 16.9. The van der Waals surface area contributed by atoms with Crippen LogP contribution in [0.15, 0.2) is 23.3 Å². The largest absolute Gasteiger partial charge is 0.446 e. The molecule has 1 unspecified atom stereocenters. The van der Waals surface area contributed by atoms with E-state index in [2.05, 4.69) is 10.5 Å². The fourth-order valence-corrected chi connectivity index (χ4v) is 4.91. The maximum atomic E-state index is 13.1. The molecule has 0 saturated heterocycles.